The van der Waals surface area contributed by atoms with Gasteiger partial charge in [-0.05, 0) is 43.6 Å². The summed E-state index contributed by atoms with van der Waals surface area (Å²) in [5.74, 6) is 0.461. The van der Waals surface area contributed by atoms with Crippen LogP contribution >= 0.6 is 0 Å². The maximum absolute atomic E-state index is 8.91. The van der Waals surface area contributed by atoms with E-state index >= 15 is 0 Å². The van der Waals surface area contributed by atoms with Gasteiger partial charge in [0.25, 0.3) is 0 Å². The zero-order valence-corrected chi connectivity index (χ0v) is 10.6. The second kappa shape index (κ2) is 5.86. The summed E-state index contributed by atoms with van der Waals surface area (Å²) in [6.45, 7) is 8.29. The number of aliphatic hydroxyl groups is 1. The van der Waals surface area contributed by atoms with Gasteiger partial charge in [-0.3, -0.25) is 0 Å². The molecule has 1 saturated carbocycles. The third-order valence-corrected chi connectivity index (χ3v) is 3.83. The summed E-state index contributed by atoms with van der Waals surface area (Å²) in [5, 5.41) is 12.6. The van der Waals surface area contributed by atoms with Gasteiger partial charge < -0.3 is 10.4 Å². The monoisotopic (exact) mass is 213 g/mol. The van der Waals surface area contributed by atoms with Crippen LogP contribution in [0.2, 0.25) is 0 Å². The predicted octanol–water partition coefficient (Wildman–Crippen LogP) is 2.56. The molecule has 0 aromatic heterocycles. The molecule has 90 valence electrons. The zero-order valence-electron chi connectivity index (χ0n) is 10.6. The van der Waals surface area contributed by atoms with E-state index in [1.165, 1.54) is 25.7 Å². The van der Waals surface area contributed by atoms with Gasteiger partial charge in [-0.15, -0.1) is 0 Å². The van der Waals surface area contributed by atoms with Crippen LogP contribution in [0, 0.1) is 11.3 Å². The average molecular weight is 213 g/mol. The largest absolute Gasteiger partial charge is 0.396 e. The Morgan fingerprint density at radius 3 is 2.73 bits per heavy atom. The first-order valence-electron chi connectivity index (χ1n) is 6.40. The van der Waals surface area contributed by atoms with Gasteiger partial charge in [0, 0.05) is 12.6 Å². The highest BCUT2D eigenvalue weighted by Gasteiger charge is 2.33. The molecule has 0 heterocycles. The number of nitrogens with one attached hydrogen (secondary N) is 1. The molecule has 2 heteroatoms. The van der Waals surface area contributed by atoms with Crippen LogP contribution in [0.3, 0.4) is 0 Å². The second-order valence-electron chi connectivity index (χ2n) is 5.82. The van der Waals surface area contributed by atoms with E-state index in [1.54, 1.807) is 0 Å². The molecule has 2 unspecified atom stereocenters. The highest BCUT2D eigenvalue weighted by Crippen LogP contribution is 2.37. The maximum atomic E-state index is 8.91. The number of aliphatic hydroxyl groups excluding tert-OH is 1. The van der Waals surface area contributed by atoms with E-state index in [2.05, 4.69) is 26.1 Å². The predicted molar refractivity (Wildman–Crippen MR) is 64.9 cm³/mol. The molecule has 1 fully saturated rings. The Labute approximate surface area is 94.5 Å². The van der Waals surface area contributed by atoms with Crippen molar-refractivity contribution < 1.29 is 5.11 Å². The molecule has 0 aliphatic heterocycles. The van der Waals surface area contributed by atoms with E-state index in [0.29, 0.717) is 24.0 Å². The molecule has 0 radical (unpaired) electrons. The molecule has 0 aromatic rings. The highest BCUT2D eigenvalue weighted by atomic mass is 16.3. The summed E-state index contributed by atoms with van der Waals surface area (Å²) in [4.78, 5) is 0. The Kier molecular flexibility index (Phi) is 5.07. The lowest BCUT2D eigenvalue weighted by atomic mass is 9.87. The van der Waals surface area contributed by atoms with Crippen LogP contribution in [-0.2, 0) is 0 Å². The van der Waals surface area contributed by atoms with Gasteiger partial charge in [0.05, 0.1) is 0 Å². The van der Waals surface area contributed by atoms with Crippen molar-refractivity contribution in [3.63, 3.8) is 0 Å². The minimum atomic E-state index is 0.328. The van der Waals surface area contributed by atoms with Crippen molar-refractivity contribution in [3.8, 4) is 0 Å². The first-order valence-corrected chi connectivity index (χ1v) is 6.40. The van der Waals surface area contributed by atoms with Crippen molar-refractivity contribution in [2.75, 3.05) is 13.2 Å². The van der Waals surface area contributed by atoms with Gasteiger partial charge in [0.1, 0.15) is 0 Å². The van der Waals surface area contributed by atoms with Gasteiger partial charge >= 0.3 is 0 Å². The van der Waals surface area contributed by atoms with Gasteiger partial charge in [-0.25, -0.2) is 0 Å². The first kappa shape index (κ1) is 13.0. The van der Waals surface area contributed by atoms with E-state index in [0.717, 1.165) is 13.0 Å². The molecule has 0 bridgehead atoms. The molecule has 0 spiro atoms. The zero-order chi connectivity index (χ0) is 11.3. The van der Waals surface area contributed by atoms with Crippen LogP contribution in [0.25, 0.3) is 0 Å². The van der Waals surface area contributed by atoms with Crippen molar-refractivity contribution in [1.82, 2.24) is 5.32 Å². The van der Waals surface area contributed by atoms with E-state index in [-0.39, 0.29) is 0 Å². The molecule has 0 aromatic carbocycles. The minimum absolute atomic E-state index is 0.328. The fourth-order valence-electron chi connectivity index (χ4n) is 2.52. The van der Waals surface area contributed by atoms with Gasteiger partial charge in [-0.2, -0.15) is 0 Å². The van der Waals surface area contributed by atoms with Crippen LogP contribution in [0.1, 0.15) is 52.9 Å². The lowest BCUT2D eigenvalue weighted by molar-refractivity contribution is 0.225. The molecule has 2 N–H and O–H groups in total. The topological polar surface area (TPSA) is 32.3 Å². The summed E-state index contributed by atoms with van der Waals surface area (Å²) in [7, 11) is 0. The summed E-state index contributed by atoms with van der Waals surface area (Å²) in [6.07, 6.45) is 6.39. The quantitative estimate of drug-likeness (QED) is 0.665. The summed E-state index contributed by atoms with van der Waals surface area (Å²) in [6, 6.07) is 0.710. The average Bonchev–Trinajstić information content (AvgIpc) is 2.52. The SMILES string of the molecule is CC(CO)CCCNC1CCCC1(C)C. The third-order valence-electron chi connectivity index (χ3n) is 3.83. The maximum Gasteiger partial charge on any atom is 0.0456 e. The summed E-state index contributed by atoms with van der Waals surface area (Å²) in [5.41, 5.74) is 0.489. The molecule has 1 aliphatic carbocycles. The van der Waals surface area contributed by atoms with E-state index in [4.69, 9.17) is 5.11 Å². The van der Waals surface area contributed by atoms with E-state index < -0.39 is 0 Å². The molecule has 1 rings (SSSR count). The van der Waals surface area contributed by atoms with Crippen LogP contribution in [0.15, 0.2) is 0 Å². The Balaban J connectivity index is 2.10. The number of hydrogen-bond acceptors (Lipinski definition) is 2. The van der Waals surface area contributed by atoms with Crippen molar-refractivity contribution in [3.05, 3.63) is 0 Å². The molecule has 1 aliphatic rings. The van der Waals surface area contributed by atoms with Crippen LogP contribution in [0.4, 0.5) is 0 Å². The Morgan fingerprint density at radius 1 is 1.47 bits per heavy atom. The Bertz CT molecular complexity index is 179. The lowest BCUT2D eigenvalue weighted by Gasteiger charge is -2.28. The smallest absolute Gasteiger partial charge is 0.0456 e. The van der Waals surface area contributed by atoms with Gasteiger partial charge in [-0.1, -0.05) is 27.2 Å². The van der Waals surface area contributed by atoms with Crippen molar-refractivity contribution in [2.45, 2.75) is 58.9 Å². The third kappa shape index (κ3) is 4.12. The van der Waals surface area contributed by atoms with Crippen LogP contribution < -0.4 is 5.32 Å². The van der Waals surface area contributed by atoms with E-state index in [9.17, 15) is 0 Å². The standard InChI is InChI=1S/C13H27NO/c1-11(10-15)6-5-9-14-12-7-4-8-13(12,2)3/h11-12,14-15H,4-10H2,1-3H3. The van der Waals surface area contributed by atoms with E-state index in [1.807, 2.05) is 0 Å². The minimum Gasteiger partial charge on any atom is -0.396 e. The second-order valence-corrected chi connectivity index (χ2v) is 5.82. The molecule has 0 amide bonds. The normalized spacial score (nSPS) is 26.8. The molecular formula is C13H27NO. The molecular weight excluding hydrogens is 186 g/mol. The lowest BCUT2D eigenvalue weighted by Crippen LogP contribution is -2.38. The summed E-state index contributed by atoms with van der Waals surface area (Å²) >= 11 is 0. The fraction of sp³-hybridized carbons (Fsp3) is 1.00. The van der Waals surface area contributed by atoms with Crippen LogP contribution in [0.5, 0.6) is 0 Å². The van der Waals surface area contributed by atoms with Crippen LogP contribution in [-0.4, -0.2) is 24.3 Å². The van der Waals surface area contributed by atoms with Gasteiger partial charge in [0.2, 0.25) is 0 Å². The van der Waals surface area contributed by atoms with Crippen molar-refractivity contribution >= 4 is 0 Å². The molecule has 15 heavy (non-hydrogen) atoms. The fourth-order valence-corrected chi connectivity index (χ4v) is 2.52. The molecule has 2 atom stereocenters. The number of hydrogen-bond donors (Lipinski definition) is 2. The highest BCUT2D eigenvalue weighted by molar-refractivity contribution is 4.89. The first-order chi connectivity index (χ1) is 7.06. The van der Waals surface area contributed by atoms with Crippen molar-refractivity contribution in [1.29, 1.82) is 0 Å². The Morgan fingerprint density at radius 2 is 2.20 bits per heavy atom. The molecule has 0 saturated heterocycles. The number of rotatable bonds is 6. The summed E-state index contributed by atoms with van der Waals surface area (Å²) < 4.78 is 0. The Hall–Kier alpha value is -0.0800. The van der Waals surface area contributed by atoms with Crippen molar-refractivity contribution in [2.24, 2.45) is 11.3 Å². The van der Waals surface area contributed by atoms with Gasteiger partial charge in [0.15, 0.2) is 0 Å². The molecule has 2 nitrogen and oxygen atoms in total.